The number of amides is 1. The molecule has 0 radical (unpaired) electrons. The van der Waals surface area contributed by atoms with Crippen molar-refractivity contribution >= 4 is 34.8 Å². The number of hydrogen-bond donors (Lipinski definition) is 0. The molecule has 0 bridgehead atoms. The molecule has 2 aromatic heterocycles. The number of halogens is 2. The van der Waals surface area contributed by atoms with Crippen LogP contribution in [-0.2, 0) is 11.2 Å². The lowest BCUT2D eigenvalue weighted by atomic mass is 10.1. The van der Waals surface area contributed by atoms with Crippen molar-refractivity contribution in [2.75, 3.05) is 32.7 Å². The van der Waals surface area contributed by atoms with Crippen molar-refractivity contribution in [3.8, 4) is 22.4 Å². The van der Waals surface area contributed by atoms with Crippen LogP contribution in [0.25, 0.3) is 28.0 Å². The zero-order valence-corrected chi connectivity index (χ0v) is 21.3. The molecule has 1 amide bonds. The fourth-order valence-corrected chi connectivity index (χ4v) is 5.09. The third-order valence-corrected chi connectivity index (χ3v) is 7.35. The quantitative estimate of drug-likeness (QED) is 0.318. The lowest BCUT2D eigenvalue weighted by Crippen LogP contribution is -2.48. The Balaban J connectivity index is 1.49. The highest BCUT2D eigenvalue weighted by molar-refractivity contribution is 6.33. The van der Waals surface area contributed by atoms with E-state index in [1.54, 1.807) is 0 Å². The van der Waals surface area contributed by atoms with Gasteiger partial charge < -0.3 is 14.2 Å². The Morgan fingerprint density at radius 3 is 2.34 bits per heavy atom. The Hall–Kier alpha value is -2.86. The number of rotatable bonds is 6. The number of hydrogen-bond acceptors (Lipinski definition) is 3. The molecule has 1 aliphatic rings. The van der Waals surface area contributed by atoms with Crippen molar-refractivity contribution in [1.82, 2.24) is 19.2 Å². The number of benzene rings is 2. The van der Waals surface area contributed by atoms with Gasteiger partial charge in [-0.3, -0.25) is 4.79 Å². The third kappa shape index (κ3) is 5.08. The predicted octanol–water partition coefficient (Wildman–Crippen LogP) is 6.07. The van der Waals surface area contributed by atoms with Gasteiger partial charge in [0.15, 0.2) is 0 Å². The van der Waals surface area contributed by atoms with E-state index in [1.807, 2.05) is 65.6 Å². The Labute approximate surface area is 215 Å². The van der Waals surface area contributed by atoms with Crippen LogP contribution in [0.3, 0.4) is 0 Å². The van der Waals surface area contributed by atoms with E-state index in [0.717, 1.165) is 66.4 Å². The third-order valence-electron chi connectivity index (χ3n) is 6.77. The van der Waals surface area contributed by atoms with Crippen LogP contribution < -0.4 is 0 Å². The van der Waals surface area contributed by atoms with E-state index in [9.17, 15) is 4.79 Å². The van der Waals surface area contributed by atoms with Gasteiger partial charge in [-0.15, -0.1) is 0 Å². The van der Waals surface area contributed by atoms with E-state index in [1.165, 1.54) is 0 Å². The summed E-state index contributed by atoms with van der Waals surface area (Å²) in [5, 5.41) is 1.38. The molecule has 4 aromatic rings. The van der Waals surface area contributed by atoms with Gasteiger partial charge in [0, 0.05) is 60.0 Å². The van der Waals surface area contributed by atoms with Crippen LogP contribution >= 0.6 is 23.2 Å². The summed E-state index contributed by atoms with van der Waals surface area (Å²) in [5.74, 6) is 0.194. The molecule has 35 heavy (non-hydrogen) atoms. The van der Waals surface area contributed by atoms with Crippen molar-refractivity contribution in [3.05, 3.63) is 82.6 Å². The maximum atomic E-state index is 13.1. The van der Waals surface area contributed by atoms with Crippen molar-refractivity contribution < 1.29 is 4.79 Å². The number of carbonyl (C=O) groups excluding carboxylic acids is 1. The average Bonchev–Trinajstić information content (AvgIpc) is 3.25. The molecule has 3 heterocycles. The smallest absolute Gasteiger partial charge is 0.223 e. The number of imidazole rings is 1. The molecule has 0 unspecified atom stereocenters. The number of pyridine rings is 1. The molecule has 5 nitrogen and oxygen atoms in total. The van der Waals surface area contributed by atoms with E-state index >= 15 is 0 Å². The minimum atomic E-state index is 0.194. The van der Waals surface area contributed by atoms with Gasteiger partial charge in [0.1, 0.15) is 5.65 Å². The monoisotopic (exact) mass is 506 g/mol. The van der Waals surface area contributed by atoms with Gasteiger partial charge in [-0.1, -0.05) is 60.5 Å². The summed E-state index contributed by atoms with van der Waals surface area (Å²) in [4.78, 5) is 22.4. The summed E-state index contributed by atoms with van der Waals surface area (Å²) in [6.45, 7) is 6.66. The highest BCUT2D eigenvalue weighted by Crippen LogP contribution is 2.31. The van der Waals surface area contributed by atoms with Crippen LogP contribution in [0.15, 0.2) is 66.9 Å². The molecule has 0 saturated carbocycles. The van der Waals surface area contributed by atoms with Crippen molar-refractivity contribution in [3.63, 3.8) is 0 Å². The van der Waals surface area contributed by atoms with Gasteiger partial charge in [0.25, 0.3) is 0 Å². The molecule has 1 saturated heterocycles. The summed E-state index contributed by atoms with van der Waals surface area (Å²) in [5.41, 5.74) is 5.68. The molecule has 7 heteroatoms. The van der Waals surface area contributed by atoms with Gasteiger partial charge in [-0.25, -0.2) is 4.98 Å². The normalized spacial score (nSPS) is 14.5. The second-order valence-corrected chi connectivity index (χ2v) is 9.70. The van der Waals surface area contributed by atoms with Crippen LogP contribution in [0.5, 0.6) is 0 Å². The van der Waals surface area contributed by atoms with Gasteiger partial charge in [-0.2, -0.15) is 0 Å². The standard InChI is InChI=1S/C28H28Cl2N4O/c1-2-32-15-17-33(18-16-32)27(35)14-12-25-28(20-7-10-22(29)11-8-20)31-26-13-9-21(19-34(25)26)23-5-3-4-6-24(23)30/h3-11,13,19H,2,12,14-18H2,1H3. The van der Waals surface area contributed by atoms with Crippen LogP contribution in [0.1, 0.15) is 19.0 Å². The summed E-state index contributed by atoms with van der Waals surface area (Å²) < 4.78 is 2.10. The van der Waals surface area contributed by atoms with Gasteiger partial charge >= 0.3 is 0 Å². The number of fused-ring (bicyclic) bond motifs is 1. The van der Waals surface area contributed by atoms with E-state index in [4.69, 9.17) is 28.2 Å². The SMILES string of the molecule is CCN1CCN(C(=O)CCc2c(-c3ccc(Cl)cc3)nc3ccc(-c4ccccc4Cl)cn23)CC1. The number of nitrogens with zero attached hydrogens (tertiary/aromatic N) is 4. The first kappa shape index (κ1) is 23.9. The van der Waals surface area contributed by atoms with E-state index in [2.05, 4.69) is 22.4 Å². The number of carbonyl (C=O) groups is 1. The molecule has 1 aliphatic heterocycles. The second kappa shape index (κ2) is 10.4. The Bertz CT molecular complexity index is 1340. The first-order chi connectivity index (χ1) is 17.0. The zero-order valence-electron chi connectivity index (χ0n) is 19.8. The lowest BCUT2D eigenvalue weighted by Gasteiger charge is -2.34. The van der Waals surface area contributed by atoms with Crippen LogP contribution in [0.2, 0.25) is 10.0 Å². The van der Waals surface area contributed by atoms with Gasteiger partial charge in [0.2, 0.25) is 5.91 Å². The first-order valence-electron chi connectivity index (χ1n) is 12.1. The zero-order chi connectivity index (χ0) is 24.4. The Kier molecular flexibility index (Phi) is 7.09. The maximum absolute atomic E-state index is 13.1. The van der Waals surface area contributed by atoms with Crippen molar-refractivity contribution in [1.29, 1.82) is 0 Å². The topological polar surface area (TPSA) is 40.8 Å². The van der Waals surface area contributed by atoms with Crippen LogP contribution in [0.4, 0.5) is 0 Å². The fraction of sp³-hybridized carbons (Fsp3) is 0.286. The van der Waals surface area contributed by atoms with Crippen LogP contribution in [-0.4, -0.2) is 57.8 Å². The number of aryl methyl sites for hydroxylation is 1. The summed E-state index contributed by atoms with van der Waals surface area (Å²) >= 11 is 12.6. The highest BCUT2D eigenvalue weighted by Gasteiger charge is 2.22. The molecule has 0 spiro atoms. The molecule has 0 aliphatic carbocycles. The average molecular weight is 507 g/mol. The van der Waals surface area contributed by atoms with E-state index in [-0.39, 0.29) is 5.91 Å². The largest absolute Gasteiger partial charge is 0.340 e. The van der Waals surface area contributed by atoms with Crippen LogP contribution in [0, 0.1) is 0 Å². The lowest BCUT2D eigenvalue weighted by molar-refractivity contribution is -0.132. The minimum absolute atomic E-state index is 0.194. The molecular formula is C28H28Cl2N4O. The Morgan fingerprint density at radius 2 is 1.63 bits per heavy atom. The summed E-state index contributed by atoms with van der Waals surface area (Å²) in [7, 11) is 0. The molecule has 180 valence electrons. The number of likely N-dealkylation sites (N-methyl/N-ethyl adjacent to an activating group) is 1. The molecule has 0 atom stereocenters. The van der Waals surface area contributed by atoms with E-state index < -0.39 is 0 Å². The molecular weight excluding hydrogens is 479 g/mol. The number of aromatic nitrogens is 2. The van der Waals surface area contributed by atoms with Gasteiger partial charge in [0.05, 0.1) is 11.4 Å². The molecule has 2 aromatic carbocycles. The first-order valence-corrected chi connectivity index (χ1v) is 12.8. The summed E-state index contributed by atoms with van der Waals surface area (Å²) in [6.07, 6.45) is 3.11. The molecule has 1 fully saturated rings. The van der Waals surface area contributed by atoms with E-state index in [0.29, 0.717) is 22.9 Å². The Morgan fingerprint density at radius 1 is 0.914 bits per heavy atom. The van der Waals surface area contributed by atoms with Crippen molar-refractivity contribution in [2.45, 2.75) is 19.8 Å². The maximum Gasteiger partial charge on any atom is 0.223 e. The fourth-order valence-electron chi connectivity index (χ4n) is 4.72. The molecule has 0 N–H and O–H groups in total. The highest BCUT2D eigenvalue weighted by atomic mass is 35.5. The number of piperazine rings is 1. The second-order valence-electron chi connectivity index (χ2n) is 8.85. The predicted molar refractivity (Wildman–Crippen MR) is 143 cm³/mol. The van der Waals surface area contributed by atoms with Crippen molar-refractivity contribution in [2.24, 2.45) is 0 Å². The molecule has 5 rings (SSSR count). The van der Waals surface area contributed by atoms with Gasteiger partial charge in [-0.05, 0) is 48.9 Å². The minimum Gasteiger partial charge on any atom is -0.340 e. The summed E-state index contributed by atoms with van der Waals surface area (Å²) in [6, 6.07) is 19.6.